The molecule has 0 atom stereocenters. The summed E-state index contributed by atoms with van der Waals surface area (Å²) in [5.74, 6) is -0.131. The lowest BCUT2D eigenvalue weighted by Crippen LogP contribution is -2.41. The van der Waals surface area contributed by atoms with Gasteiger partial charge in [0.1, 0.15) is 5.82 Å². The third-order valence-electron chi connectivity index (χ3n) is 4.97. The molecule has 1 aliphatic rings. The monoisotopic (exact) mass is 424 g/mol. The first-order chi connectivity index (χ1) is 13.7. The van der Waals surface area contributed by atoms with E-state index in [1.54, 1.807) is 25.1 Å². The van der Waals surface area contributed by atoms with E-state index in [9.17, 15) is 13.2 Å². The Labute approximate surface area is 171 Å². The Hall–Kier alpha value is -2.01. The van der Waals surface area contributed by atoms with Gasteiger partial charge in [-0.3, -0.25) is 4.79 Å². The number of carbonyl (C=O) groups excluding carboxylic acids is 1. The summed E-state index contributed by atoms with van der Waals surface area (Å²) < 4.78 is 38.9. The van der Waals surface area contributed by atoms with Crippen LogP contribution >= 0.6 is 0 Å². The molecular weight excluding hydrogens is 396 g/mol. The van der Waals surface area contributed by atoms with Gasteiger partial charge in [0.25, 0.3) is 0 Å². The highest BCUT2D eigenvalue weighted by Crippen LogP contribution is 2.23. The number of hydrogen-bond donors (Lipinski definition) is 1. The summed E-state index contributed by atoms with van der Waals surface area (Å²) in [4.78, 5) is 17.0. The molecule has 160 valence electrons. The van der Waals surface area contributed by atoms with Crippen LogP contribution in [0.3, 0.4) is 0 Å². The van der Waals surface area contributed by atoms with Gasteiger partial charge < -0.3 is 19.4 Å². The molecule has 0 radical (unpaired) electrons. The molecule has 0 aliphatic carbocycles. The average molecular weight is 425 g/mol. The lowest BCUT2D eigenvalue weighted by molar-refractivity contribution is -0.145. The van der Waals surface area contributed by atoms with Gasteiger partial charge in [-0.25, -0.2) is 17.7 Å². The van der Waals surface area contributed by atoms with E-state index in [0.717, 1.165) is 11.3 Å². The van der Waals surface area contributed by atoms with Crippen molar-refractivity contribution in [2.45, 2.75) is 43.9 Å². The van der Waals surface area contributed by atoms with Crippen LogP contribution in [-0.2, 0) is 37.3 Å². The minimum absolute atomic E-state index is 0.115. The topological polar surface area (TPSA) is 103 Å². The number of aryl methyl sites for hydroxylation is 2. The Kier molecular flexibility index (Phi) is 6.27. The fourth-order valence-corrected chi connectivity index (χ4v) is 4.23. The molecule has 1 N–H and O–H groups in total. The standard InChI is InChI=1S/C19H28N4O5S/c1-5-23-16-7-6-14(29(25,26)22(3)4)12-15(16)21-17(23)8-9-18(24)20-13-19(2)27-10-11-28-19/h6-7,12H,5,8-11,13H2,1-4H3,(H,20,24). The lowest BCUT2D eigenvalue weighted by Gasteiger charge is -2.22. The minimum atomic E-state index is -3.53. The fraction of sp³-hybridized carbons (Fsp3) is 0.579. The van der Waals surface area contributed by atoms with E-state index in [0.29, 0.717) is 38.2 Å². The molecule has 1 fully saturated rings. The molecular formula is C19H28N4O5S. The molecule has 2 aromatic rings. The van der Waals surface area contributed by atoms with Gasteiger partial charge in [-0.05, 0) is 32.0 Å². The molecule has 1 aromatic heterocycles. The molecule has 10 heteroatoms. The van der Waals surface area contributed by atoms with Crippen molar-refractivity contribution in [3.8, 4) is 0 Å². The van der Waals surface area contributed by atoms with Crippen molar-refractivity contribution < 1.29 is 22.7 Å². The number of sulfonamides is 1. The summed E-state index contributed by atoms with van der Waals surface area (Å²) in [5.41, 5.74) is 1.45. The normalized spacial score (nSPS) is 16.6. The number of hydrogen-bond acceptors (Lipinski definition) is 6. The molecule has 1 aromatic carbocycles. The van der Waals surface area contributed by atoms with Crippen LogP contribution in [0.4, 0.5) is 0 Å². The number of rotatable bonds is 8. The average Bonchev–Trinajstić information content (AvgIpc) is 3.27. The van der Waals surface area contributed by atoms with E-state index in [1.807, 2.05) is 11.5 Å². The summed E-state index contributed by atoms with van der Waals surface area (Å²) in [6.45, 7) is 5.81. The van der Waals surface area contributed by atoms with Crippen LogP contribution in [0.5, 0.6) is 0 Å². The Morgan fingerprint density at radius 2 is 2.00 bits per heavy atom. The second-order valence-corrected chi connectivity index (χ2v) is 9.47. The number of ether oxygens (including phenoxy) is 2. The van der Waals surface area contributed by atoms with Crippen molar-refractivity contribution in [3.05, 3.63) is 24.0 Å². The van der Waals surface area contributed by atoms with Gasteiger partial charge in [0, 0.05) is 33.5 Å². The first-order valence-electron chi connectivity index (χ1n) is 9.62. The zero-order valence-electron chi connectivity index (χ0n) is 17.3. The molecule has 9 nitrogen and oxygen atoms in total. The highest BCUT2D eigenvalue weighted by atomic mass is 32.2. The number of benzene rings is 1. The van der Waals surface area contributed by atoms with Crippen LogP contribution in [0.2, 0.25) is 0 Å². The smallest absolute Gasteiger partial charge is 0.242 e. The molecule has 0 spiro atoms. The van der Waals surface area contributed by atoms with Crippen molar-refractivity contribution >= 4 is 27.0 Å². The maximum Gasteiger partial charge on any atom is 0.242 e. The Morgan fingerprint density at radius 1 is 1.31 bits per heavy atom. The summed E-state index contributed by atoms with van der Waals surface area (Å²) in [6, 6.07) is 4.93. The minimum Gasteiger partial charge on any atom is -0.351 e. The second kappa shape index (κ2) is 8.39. The highest BCUT2D eigenvalue weighted by molar-refractivity contribution is 7.89. The summed E-state index contributed by atoms with van der Waals surface area (Å²) in [5, 5.41) is 2.84. The van der Waals surface area contributed by atoms with Crippen molar-refractivity contribution in [1.82, 2.24) is 19.2 Å². The highest BCUT2D eigenvalue weighted by Gasteiger charge is 2.31. The molecule has 1 saturated heterocycles. The molecule has 3 rings (SSSR count). The van der Waals surface area contributed by atoms with E-state index in [1.165, 1.54) is 18.4 Å². The maximum atomic E-state index is 12.4. The first kappa shape index (κ1) is 21.7. The summed E-state index contributed by atoms with van der Waals surface area (Å²) >= 11 is 0. The number of nitrogens with one attached hydrogen (secondary N) is 1. The van der Waals surface area contributed by atoms with E-state index in [-0.39, 0.29) is 17.2 Å². The number of nitrogens with zero attached hydrogens (tertiary/aromatic N) is 3. The lowest BCUT2D eigenvalue weighted by atomic mass is 10.2. The summed E-state index contributed by atoms with van der Waals surface area (Å²) in [6.07, 6.45) is 0.713. The van der Waals surface area contributed by atoms with E-state index < -0.39 is 15.8 Å². The van der Waals surface area contributed by atoms with Crippen LogP contribution in [-0.4, -0.2) is 67.8 Å². The van der Waals surface area contributed by atoms with Gasteiger partial charge in [0.05, 0.1) is 35.7 Å². The molecule has 2 heterocycles. The third-order valence-corrected chi connectivity index (χ3v) is 6.79. The van der Waals surface area contributed by atoms with Crippen LogP contribution in [0, 0.1) is 0 Å². The zero-order chi connectivity index (χ0) is 21.2. The van der Waals surface area contributed by atoms with Crippen molar-refractivity contribution in [3.63, 3.8) is 0 Å². The van der Waals surface area contributed by atoms with Crippen LogP contribution in [0.15, 0.2) is 23.1 Å². The third kappa shape index (κ3) is 4.61. The molecule has 1 aliphatic heterocycles. The van der Waals surface area contributed by atoms with Crippen molar-refractivity contribution in [2.24, 2.45) is 0 Å². The van der Waals surface area contributed by atoms with Crippen molar-refractivity contribution in [2.75, 3.05) is 33.9 Å². The van der Waals surface area contributed by atoms with E-state index >= 15 is 0 Å². The van der Waals surface area contributed by atoms with Crippen LogP contribution < -0.4 is 5.32 Å². The van der Waals surface area contributed by atoms with Crippen LogP contribution in [0.1, 0.15) is 26.1 Å². The molecule has 29 heavy (non-hydrogen) atoms. The Balaban J connectivity index is 1.72. The number of imidazole rings is 1. The largest absolute Gasteiger partial charge is 0.351 e. The quantitative estimate of drug-likeness (QED) is 0.681. The molecule has 1 amide bonds. The zero-order valence-corrected chi connectivity index (χ0v) is 18.1. The number of carbonyl (C=O) groups is 1. The van der Waals surface area contributed by atoms with Crippen molar-refractivity contribution in [1.29, 1.82) is 0 Å². The fourth-order valence-electron chi connectivity index (χ4n) is 3.31. The van der Waals surface area contributed by atoms with Gasteiger partial charge >= 0.3 is 0 Å². The maximum absolute atomic E-state index is 12.4. The van der Waals surface area contributed by atoms with Gasteiger partial charge in [-0.2, -0.15) is 0 Å². The molecule has 0 bridgehead atoms. The first-order valence-corrected chi connectivity index (χ1v) is 11.1. The van der Waals surface area contributed by atoms with Gasteiger partial charge in [-0.1, -0.05) is 0 Å². The van der Waals surface area contributed by atoms with Gasteiger partial charge in [0.2, 0.25) is 15.9 Å². The predicted molar refractivity (Wildman–Crippen MR) is 108 cm³/mol. The molecule has 0 saturated carbocycles. The van der Waals surface area contributed by atoms with Gasteiger partial charge in [-0.15, -0.1) is 0 Å². The molecule has 0 unspecified atom stereocenters. The van der Waals surface area contributed by atoms with E-state index in [4.69, 9.17) is 9.47 Å². The van der Waals surface area contributed by atoms with E-state index in [2.05, 4.69) is 10.3 Å². The second-order valence-electron chi connectivity index (χ2n) is 7.32. The number of aromatic nitrogens is 2. The Morgan fingerprint density at radius 3 is 2.62 bits per heavy atom. The number of amides is 1. The SMILES string of the molecule is CCn1c(CCC(=O)NCC2(C)OCCO2)nc2cc(S(=O)(=O)N(C)C)ccc21. The predicted octanol–water partition coefficient (Wildman–Crippen LogP) is 1.12. The van der Waals surface area contributed by atoms with Gasteiger partial charge in [0.15, 0.2) is 5.79 Å². The number of fused-ring (bicyclic) bond motifs is 1. The Bertz CT molecular complexity index is 993. The van der Waals surface area contributed by atoms with Crippen LogP contribution in [0.25, 0.3) is 11.0 Å². The summed E-state index contributed by atoms with van der Waals surface area (Å²) in [7, 11) is -0.537.